The molecule has 34 heavy (non-hydrogen) atoms. The number of halogens is 1. The van der Waals surface area contributed by atoms with Crippen LogP contribution in [0.3, 0.4) is 0 Å². The predicted octanol–water partition coefficient (Wildman–Crippen LogP) is 4.18. The average Bonchev–Trinajstić information content (AvgIpc) is 3.25. The minimum absolute atomic E-state index is 0.0520. The zero-order valence-corrected chi connectivity index (χ0v) is 21.8. The average molecular weight is 522 g/mol. The number of anilines is 2. The Morgan fingerprint density at radius 3 is 2.53 bits per heavy atom. The minimum atomic E-state index is -3.14. The Morgan fingerprint density at radius 1 is 1.18 bits per heavy atom. The first-order valence-corrected chi connectivity index (χ1v) is 14.3. The van der Waals surface area contributed by atoms with Gasteiger partial charge < -0.3 is 14.5 Å². The molecule has 0 spiro atoms. The fourth-order valence-electron chi connectivity index (χ4n) is 4.36. The summed E-state index contributed by atoms with van der Waals surface area (Å²) in [4.78, 5) is 21.2. The van der Waals surface area contributed by atoms with Gasteiger partial charge in [0.1, 0.15) is 5.75 Å². The Bertz CT molecular complexity index is 1200. The highest BCUT2D eigenvalue weighted by atomic mass is 35.5. The van der Waals surface area contributed by atoms with Gasteiger partial charge in [0.05, 0.1) is 17.5 Å². The maximum Gasteiger partial charge on any atom is 0.285 e. The highest BCUT2D eigenvalue weighted by Gasteiger charge is 2.49. The van der Waals surface area contributed by atoms with E-state index in [4.69, 9.17) is 16.3 Å². The highest BCUT2D eigenvalue weighted by molar-refractivity contribution is 8.16. The molecule has 0 aliphatic carbocycles. The normalized spacial score (nSPS) is 22.1. The molecule has 0 radical (unpaired) electrons. The van der Waals surface area contributed by atoms with Crippen LogP contribution in [0.1, 0.15) is 19.4 Å². The molecule has 0 aromatic heterocycles. The molecule has 0 bridgehead atoms. The number of amides is 1. The van der Waals surface area contributed by atoms with Crippen LogP contribution >= 0.6 is 23.4 Å². The number of ether oxygens (including phenoxy) is 1. The Balaban J connectivity index is 1.60. The summed E-state index contributed by atoms with van der Waals surface area (Å²) in [5.74, 6) is 0.239. The molecular formula is C24H28ClN3O4S2. The van der Waals surface area contributed by atoms with Gasteiger partial charge in [-0.25, -0.2) is 8.42 Å². The van der Waals surface area contributed by atoms with Crippen molar-refractivity contribution in [2.75, 3.05) is 41.0 Å². The van der Waals surface area contributed by atoms with E-state index in [9.17, 15) is 13.2 Å². The largest absolute Gasteiger partial charge is 0.484 e. The van der Waals surface area contributed by atoms with E-state index < -0.39 is 15.7 Å². The predicted molar refractivity (Wildman–Crippen MR) is 140 cm³/mol. The molecule has 4 rings (SSSR count). The fourth-order valence-corrected chi connectivity index (χ4v) is 8.41. The van der Waals surface area contributed by atoms with Crippen molar-refractivity contribution in [1.29, 1.82) is 0 Å². The third-order valence-corrected chi connectivity index (χ3v) is 9.49. The number of hydrogen-bond acceptors (Lipinski definition) is 6. The van der Waals surface area contributed by atoms with E-state index >= 15 is 0 Å². The lowest BCUT2D eigenvalue weighted by molar-refractivity contribution is -0.119. The molecule has 0 saturated carbocycles. The van der Waals surface area contributed by atoms with Crippen LogP contribution in [0.15, 0.2) is 47.5 Å². The van der Waals surface area contributed by atoms with Crippen LogP contribution in [0.5, 0.6) is 5.75 Å². The van der Waals surface area contributed by atoms with Crippen molar-refractivity contribution in [3.05, 3.63) is 53.1 Å². The summed E-state index contributed by atoms with van der Waals surface area (Å²) in [6.07, 6.45) is 0. The Morgan fingerprint density at radius 2 is 1.88 bits per heavy atom. The van der Waals surface area contributed by atoms with E-state index in [2.05, 4.69) is 29.8 Å². The molecule has 2 aromatic carbocycles. The third-order valence-electron chi connectivity index (χ3n) is 6.03. The van der Waals surface area contributed by atoms with Crippen LogP contribution in [0.25, 0.3) is 0 Å². The second-order valence-corrected chi connectivity index (χ2v) is 12.1. The quantitative estimate of drug-likeness (QED) is 0.541. The molecule has 7 nitrogen and oxygen atoms in total. The summed E-state index contributed by atoms with van der Waals surface area (Å²) >= 11 is 7.25. The molecule has 0 N–H and O–H groups in total. The topological polar surface area (TPSA) is 79.3 Å². The van der Waals surface area contributed by atoms with Crippen molar-refractivity contribution < 1.29 is 17.9 Å². The zero-order chi connectivity index (χ0) is 24.5. The van der Waals surface area contributed by atoms with Crippen LogP contribution in [0.4, 0.5) is 11.4 Å². The molecule has 2 aliphatic rings. The number of fused-ring (bicyclic) bond motifs is 1. The fraction of sp³-hybridized carbons (Fsp3) is 0.417. The van der Waals surface area contributed by atoms with E-state index in [1.165, 1.54) is 11.8 Å². The number of carbonyl (C=O) groups excluding carboxylic acids is 1. The first kappa shape index (κ1) is 24.9. The van der Waals surface area contributed by atoms with Crippen molar-refractivity contribution in [3.8, 4) is 5.75 Å². The maximum absolute atomic E-state index is 12.7. The van der Waals surface area contributed by atoms with Gasteiger partial charge in [0.15, 0.2) is 21.6 Å². The van der Waals surface area contributed by atoms with E-state index in [-0.39, 0.29) is 29.4 Å². The third kappa shape index (κ3) is 5.37. The number of sulfone groups is 1. The summed E-state index contributed by atoms with van der Waals surface area (Å²) in [5.41, 5.74) is 2.99. The number of aliphatic imine (C=N–C) groups is 1. The van der Waals surface area contributed by atoms with Crippen molar-refractivity contribution in [2.45, 2.75) is 32.1 Å². The number of hydrogen-bond donors (Lipinski definition) is 0. The van der Waals surface area contributed by atoms with Gasteiger partial charge in [0, 0.05) is 34.7 Å². The van der Waals surface area contributed by atoms with Crippen LogP contribution in [-0.4, -0.2) is 62.0 Å². The Hall–Kier alpha value is -2.23. The monoisotopic (exact) mass is 521 g/mol. The summed E-state index contributed by atoms with van der Waals surface area (Å²) < 4.78 is 30.3. The van der Waals surface area contributed by atoms with E-state index in [0.29, 0.717) is 15.9 Å². The summed E-state index contributed by atoms with van der Waals surface area (Å²) in [6.45, 7) is 7.81. The zero-order valence-electron chi connectivity index (χ0n) is 19.4. The number of nitrogens with zero attached hydrogens (tertiary/aromatic N) is 3. The molecule has 2 saturated heterocycles. The molecule has 1 amide bonds. The van der Waals surface area contributed by atoms with Gasteiger partial charge in [-0.2, -0.15) is 4.99 Å². The second kappa shape index (κ2) is 10.2. The molecule has 2 aliphatic heterocycles. The van der Waals surface area contributed by atoms with Gasteiger partial charge in [-0.3, -0.25) is 4.79 Å². The van der Waals surface area contributed by atoms with Crippen LogP contribution in [0, 0.1) is 6.92 Å². The van der Waals surface area contributed by atoms with Crippen LogP contribution in [0.2, 0.25) is 5.02 Å². The maximum atomic E-state index is 12.7. The lowest BCUT2D eigenvalue weighted by Crippen LogP contribution is -2.38. The van der Waals surface area contributed by atoms with Crippen LogP contribution in [-0.2, 0) is 14.6 Å². The van der Waals surface area contributed by atoms with Crippen molar-refractivity contribution in [1.82, 2.24) is 0 Å². The van der Waals surface area contributed by atoms with Gasteiger partial charge in [-0.1, -0.05) is 23.4 Å². The molecule has 182 valence electrons. The lowest BCUT2D eigenvalue weighted by Gasteiger charge is -2.28. The molecule has 2 aromatic rings. The minimum Gasteiger partial charge on any atom is -0.484 e. The van der Waals surface area contributed by atoms with E-state index in [0.717, 1.165) is 30.0 Å². The standard InChI is InChI=1S/C24H28ClN3O4S2/c1-4-27(5-2)18-8-11-20(16(3)12-18)28-21-14-34(30,31)15-22(21)33-24(28)26-23(29)13-32-19-9-6-17(25)7-10-19/h6-12,21-22H,4-5,13-15H2,1-3H3. The smallest absolute Gasteiger partial charge is 0.285 e. The molecule has 2 unspecified atom stereocenters. The number of benzene rings is 2. The molecule has 2 atom stereocenters. The van der Waals surface area contributed by atoms with Crippen LogP contribution < -0.4 is 14.5 Å². The number of thioether (sulfide) groups is 1. The van der Waals surface area contributed by atoms with Crippen molar-refractivity contribution in [3.63, 3.8) is 0 Å². The molecule has 10 heteroatoms. The van der Waals surface area contributed by atoms with Gasteiger partial charge >= 0.3 is 0 Å². The molecule has 2 heterocycles. The first-order valence-electron chi connectivity index (χ1n) is 11.2. The second-order valence-electron chi connectivity index (χ2n) is 8.34. The number of amidine groups is 1. The number of rotatable bonds is 7. The lowest BCUT2D eigenvalue weighted by atomic mass is 10.1. The number of carbonyl (C=O) groups is 1. The summed E-state index contributed by atoms with van der Waals surface area (Å²) in [5, 5.41) is 0.949. The van der Waals surface area contributed by atoms with Gasteiger partial charge in [-0.05, 0) is 68.8 Å². The van der Waals surface area contributed by atoms with Crippen molar-refractivity contribution >= 4 is 55.6 Å². The van der Waals surface area contributed by atoms with Gasteiger partial charge in [0.2, 0.25) is 0 Å². The summed E-state index contributed by atoms with van der Waals surface area (Å²) in [6, 6.07) is 12.7. The number of aryl methyl sites for hydroxylation is 1. The Labute approximate surface area is 210 Å². The van der Waals surface area contributed by atoms with Gasteiger partial charge in [-0.15, -0.1) is 0 Å². The highest BCUT2D eigenvalue weighted by Crippen LogP contribution is 2.42. The Kier molecular flexibility index (Phi) is 7.45. The SMILES string of the molecule is CCN(CC)c1ccc(N2C(=NC(=O)COc3ccc(Cl)cc3)SC3CS(=O)(=O)CC32)c(C)c1. The van der Waals surface area contributed by atoms with Gasteiger partial charge in [0.25, 0.3) is 5.91 Å². The summed E-state index contributed by atoms with van der Waals surface area (Å²) in [7, 11) is -3.14. The molecular weight excluding hydrogens is 494 g/mol. The molecule has 2 fully saturated rings. The van der Waals surface area contributed by atoms with Crippen molar-refractivity contribution in [2.24, 2.45) is 4.99 Å². The van der Waals surface area contributed by atoms with E-state index in [1.54, 1.807) is 24.3 Å². The first-order chi connectivity index (χ1) is 16.2. The van der Waals surface area contributed by atoms with E-state index in [1.807, 2.05) is 24.0 Å².